The van der Waals surface area contributed by atoms with Gasteiger partial charge in [0, 0.05) is 5.54 Å². The van der Waals surface area contributed by atoms with Crippen molar-refractivity contribution < 1.29 is 0 Å². The van der Waals surface area contributed by atoms with Crippen molar-refractivity contribution >= 4 is 7.85 Å². The van der Waals surface area contributed by atoms with Crippen LogP contribution in [-0.4, -0.2) is 19.8 Å². The number of nitrogens with one attached hydrogen (secondary N) is 1. The summed E-state index contributed by atoms with van der Waals surface area (Å²) in [7, 11) is 5.20. The SMILES string of the molecule is [B]CNC(C)(C)C. The fourth-order valence-electron chi connectivity index (χ4n) is 0.306. The fourth-order valence-corrected chi connectivity index (χ4v) is 0.306. The smallest absolute Gasteiger partial charge is 0.0859 e. The third kappa shape index (κ3) is 6.02. The van der Waals surface area contributed by atoms with Crippen molar-refractivity contribution in [2.75, 3.05) is 6.44 Å². The van der Waals surface area contributed by atoms with E-state index in [9.17, 15) is 0 Å². The van der Waals surface area contributed by atoms with Gasteiger partial charge in [-0.2, -0.15) is 0 Å². The summed E-state index contributed by atoms with van der Waals surface area (Å²) in [5.74, 6) is 0. The van der Waals surface area contributed by atoms with Crippen LogP contribution in [0.1, 0.15) is 20.8 Å². The third-order valence-corrected chi connectivity index (χ3v) is 0.632. The molecule has 0 unspecified atom stereocenters. The van der Waals surface area contributed by atoms with Gasteiger partial charge in [0.25, 0.3) is 0 Å². The van der Waals surface area contributed by atoms with Crippen LogP contribution in [0.5, 0.6) is 0 Å². The van der Waals surface area contributed by atoms with Gasteiger partial charge in [-0.15, -0.1) is 0 Å². The first-order valence-electron chi connectivity index (χ1n) is 2.51. The summed E-state index contributed by atoms with van der Waals surface area (Å²) >= 11 is 0. The Morgan fingerprint density at radius 3 is 1.86 bits per heavy atom. The molecular weight excluding hydrogens is 84.9 g/mol. The Hall–Kier alpha value is 0.0249. The van der Waals surface area contributed by atoms with E-state index in [0.29, 0.717) is 6.44 Å². The molecule has 0 fully saturated rings. The molecule has 1 nitrogen and oxygen atoms in total. The van der Waals surface area contributed by atoms with Crippen molar-refractivity contribution in [3.63, 3.8) is 0 Å². The minimum Gasteiger partial charge on any atom is -0.321 e. The van der Waals surface area contributed by atoms with E-state index < -0.39 is 0 Å². The Bertz CT molecular complexity index is 46.5. The highest BCUT2D eigenvalue weighted by molar-refractivity contribution is 6.08. The molecular formula is C5H12BN. The lowest BCUT2D eigenvalue weighted by Gasteiger charge is -2.18. The molecule has 0 aromatic rings. The summed E-state index contributed by atoms with van der Waals surface area (Å²) in [6, 6.07) is 0. The highest BCUT2D eigenvalue weighted by atomic mass is 14.9. The maximum atomic E-state index is 5.20. The van der Waals surface area contributed by atoms with Crippen LogP contribution in [0.25, 0.3) is 0 Å². The molecule has 0 bridgehead atoms. The van der Waals surface area contributed by atoms with Crippen molar-refractivity contribution in [1.82, 2.24) is 5.32 Å². The summed E-state index contributed by atoms with van der Waals surface area (Å²) in [4.78, 5) is 0. The molecule has 2 radical (unpaired) electrons. The van der Waals surface area contributed by atoms with Gasteiger partial charge in [-0.05, 0) is 27.2 Å². The largest absolute Gasteiger partial charge is 0.321 e. The molecule has 0 rings (SSSR count). The molecule has 0 aliphatic rings. The second-order valence-electron chi connectivity index (χ2n) is 2.63. The van der Waals surface area contributed by atoms with Gasteiger partial charge in [-0.25, -0.2) is 0 Å². The molecule has 0 saturated heterocycles. The quantitative estimate of drug-likeness (QED) is 0.470. The van der Waals surface area contributed by atoms with Gasteiger partial charge in [-0.3, -0.25) is 0 Å². The first-order chi connectivity index (χ1) is 3.06. The zero-order valence-electron chi connectivity index (χ0n) is 5.28. The van der Waals surface area contributed by atoms with Crippen molar-refractivity contribution in [3.8, 4) is 0 Å². The van der Waals surface area contributed by atoms with Gasteiger partial charge in [0.15, 0.2) is 0 Å². The molecule has 2 heteroatoms. The fraction of sp³-hybridized carbons (Fsp3) is 1.00. The van der Waals surface area contributed by atoms with Crippen LogP contribution in [0.2, 0.25) is 0 Å². The molecule has 0 amide bonds. The van der Waals surface area contributed by atoms with Crippen LogP contribution in [0, 0.1) is 0 Å². The zero-order valence-corrected chi connectivity index (χ0v) is 5.28. The Morgan fingerprint density at radius 2 is 1.86 bits per heavy atom. The normalized spacial score (nSPS) is 11.9. The van der Waals surface area contributed by atoms with Crippen LogP contribution in [-0.2, 0) is 0 Å². The first kappa shape index (κ1) is 7.02. The third-order valence-electron chi connectivity index (χ3n) is 0.632. The van der Waals surface area contributed by atoms with Gasteiger partial charge >= 0.3 is 0 Å². The number of rotatable bonds is 1. The first-order valence-corrected chi connectivity index (χ1v) is 2.51. The predicted molar refractivity (Wildman–Crippen MR) is 33.5 cm³/mol. The van der Waals surface area contributed by atoms with Crippen LogP contribution >= 0.6 is 0 Å². The van der Waals surface area contributed by atoms with Crippen molar-refractivity contribution in [3.05, 3.63) is 0 Å². The monoisotopic (exact) mass is 97.1 g/mol. The lowest BCUT2D eigenvalue weighted by Crippen LogP contribution is -2.36. The van der Waals surface area contributed by atoms with E-state index in [4.69, 9.17) is 7.85 Å². The van der Waals surface area contributed by atoms with E-state index in [0.717, 1.165) is 0 Å². The highest BCUT2D eigenvalue weighted by Gasteiger charge is 2.04. The maximum Gasteiger partial charge on any atom is 0.0859 e. The average Bonchev–Trinajstić information content (AvgIpc) is 1.30. The van der Waals surface area contributed by atoms with E-state index >= 15 is 0 Å². The standard InChI is InChI=1S/C5H12BN/c1-5(2,3)7-4-6/h7H,4H2,1-3H3. The van der Waals surface area contributed by atoms with Crippen LogP contribution in [0.3, 0.4) is 0 Å². The Balaban J connectivity index is 3.15. The molecule has 0 atom stereocenters. The number of hydrogen-bond acceptors (Lipinski definition) is 1. The lowest BCUT2D eigenvalue weighted by molar-refractivity contribution is 0.459. The van der Waals surface area contributed by atoms with E-state index in [1.165, 1.54) is 0 Å². The van der Waals surface area contributed by atoms with E-state index in [-0.39, 0.29) is 5.54 Å². The van der Waals surface area contributed by atoms with Gasteiger partial charge in [0.1, 0.15) is 0 Å². The molecule has 0 aliphatic carbocycles. The van der Waals surface area contributed by atoms with Gasteiger partial charge in [0.2, 0.25) is 0 Å². The molecule has 0 aromatic carbocycles. The van der Waals surface area contributed by atoms with Gasteiger partial charge in [-0.1, -0.05) is 0 Å². The molecule has 0 aliphatic heterocycles. The molecule has 0 heterocycles. The van der Waals surface area contributed by atoms with E-state index in [1.54, 1.807) is 0 Å². The van der Waals surface area contributed by atoms with Gasteiger partial charge < -0.3 is 5.32 Å². The highest BCUT2D eigenvalue weighted by Crippen LogP contribution is 1.95. The Labute approximate surface area is 46.9 Å². The second-order valence-corrected chi connectivity index (χ2v) is 2.63. The van der Waals surface area contributed by atoms with E-state index in [2.05, 4.69) is 26.1 Å². The second kappa shape index (κ2) is 2.36. The zero-order chi connectivity index (χ0) is 5.91. The molecule has 0 spiro atoms. The van der Waals surface area contributed by atoms with Gasteiger partial charge in [0.05, 0.1) is 7.85 Å². The summed E-state index contributed by atoms with van der Waals surface area (Å²) in [6.45, 7) is 6.25. The molecule has 0 saturated carbocycles. The van der Waals surface area contributed by atoms with E-state index in [1.807, 2.05) is 0 Å². The van der Waals surface area contributed by atoms with Crippen LogP contribution in [0.15, 0.2) is 0 Å². The number of hydrogen-bond donors (Lipinski definition) is 1. The maximum absolute atomic E-state index is 5.20. The molecule has 1 N–H and O–H groups in total. The van der Waals surface area contributed by atoms with Crippen molar-refractivity contribution in [1.29, 1.82) is 0 Å². The Kier molecular flexibility index (Phi) is 2.37. The van der Waals surface area contributed by atoms with Crippen LogP contribution < -0.4 is 5.32 Å². The molecule has 0 aromatic heterocycles. The minimum absolute atomic E-state index is 0.175. The summed E-state index contributed by atoms with van der Waals surface area (Å²) in [6.07, 6.45) is 0.559. The average molecular weight is 97.0 g/mol. The van der Waals surface area contributed by atoms with Crippen molar-refractivity contribution in [2.24, 2.45) is 0 Å². The summed E-state index contributed by atoms with van der Waals surface area (Å²) < 4.78 is 0. The molecule has 7 heavy (non-hydrogen) atoms. The minimum atomic E-state index is 0.175. The Morgan fingerprint density at radius 1 is 1.43 bits per heavy atom. The molecule has 40 valence electrons. The lowest BCUT2D eigenvalue weighted by atomic mass is 10.1. The van der Waals surface area contributed by atoms with Crippen LogP contribution in [0.4, 0.5) is 0 Å². The summed E-state index contributed by atoms with van der Waals surface area (Å²) in [5, 5.41) is 3.06. The van der Waals surface area contributed by atoms with Crippen molar-refractivity contribution in [2.45, 2.75) is 26.3 Å². The topological polar surface area (TPSA) is 12.0 Å². The predicted octanol–water partition coefficient (Wildman–Crippen LogP) is 0.500. The summed E-state index contributed by atoms with van der Waals surface area (Å²) in [5.41, 5.74) is 0.175.